The molecule has 0 N–H and O–H groups in total. The molecule has 0 saturated carbocycles. The number of ether oxygens (including phenoxy) is 1. The van der Waals surface area contributed by atoms with Crippen molar-refractivity contribution in [3.05, 3.63) is 235 Å². The molecule has 1 aliphatic heterocycles. The van der Waals surface area contributed by atoms with Crippen LogP contribution in [0.25, 0.3) is 106 Å². The summed E-state index contributed by atoms with van der Waals surface area (Å²) in [5, 5.41) is 2.13. The van der Waals surface area contributed by atoms with Crippen molar-refractivity contribution in [3.8, 4) is 84.3 Å². The van der Waals surface area contributed by atoms with Crippen molar-refractivity contribution in [1.29, 1.82) is 0 Å². The van der Waals surface area contributed by atoms with E-state index >= 15 is 0 Å². The Bertz CT molecular complexity index is 4580. The van der Waals surface area contributed by atoms with Crippen LogP contribution in [0.4, 0.5) is 0 Å². The Hall–Kier alpha value is -8.11. The molecule has 3 aromatic heterocycles. The van der Waals surface area contributed by atoms with Crippen LogP contribution in [0.2, 0.25) is 0 Å². The quantitative estimate of drug-likeness (QED) is 0.123. The maximum absolute atomic E-state index is 9.46. The Morgan fingerprint density at radius 2 is 1.13 bits per heavy atom. The number of imidazole rings is 1. The van der Waals surface area contributed by atoms with Crippen LogP contribution in [-0.4, -0.2) is 14.1 Å². The first-order chi connectivity index (χ1) is 39.2. The van der Waals surface area contributed by atoms with Crippen LogP contribution in [0.1, 0.15) is 85.9 Å². The third-order valence-corrected chi connectivity index (χ3v) is 15.2. The van der Waals surface area contributed by atoms with Gasteiger partial charge in [-0.1, -0.05) is 213 Å². The zero-order valence-electron chi connectivity index (χ0n) is 50.2. The average Bonchev–Trinajstić information content (AvgIpc) is 2.85. The van der Waals surface area contributed by atoms with Gasteiger partial charge in [0.25, 0.3) is 6.33 Å². The molecule has 78 heavy (non-hydrogen) atoms. The molecule has 0 spiro atoms. The molecular formula is C72H60N4OPt-2. The molecule has 386 valence electrons. The van der Waals surface area contributed by atoms with Gasteiger partial charge in [-0.3, -0.25) is 4.57 Å². The molecular weight excluding hydrogens is 1130 g/mol. The topological polar surface area (TPSA) is 35.9 Å². The molecule has 0 radical (unpaired) electrons. The van der Waals surface area contributed by atoms with Crippen molar-refractivity contribution in [2.75, 3.05) is 0 Å². The smallest absolute Gasteiger partial charge is 0.268 e. The SMILES string of the molecule is [2H]c1c([2H])c([2H])c(-c2cccc3c2-c2cc(C(C)(C)C)cc(-c4ccc(C(C)(C)C)cc4)c2-[n+]2[c-]n(-c4[c-]c(Oc5[c-]c6c(cc5)c5ccccc5n6-c5cc(C(C)(C)C)ccn5)ccc4)c4cccc(c42)-c2ccccc2-3)c([2H])c1[2H].[Pt]. The minimum absolute atomic E-state index is 0. The number of rotatable bonds is 6. The zero-order chi connectivity index (χ0) is 57.3. The number of fused-ring (bicyclic) bond motifs is 10. The second-order valence-corrected chi connectivity index (χ2v) is 23.3. The molecule has 0 fully saturated rings. The molecule has 1 aliphatic rings. The molecule has 0 atom stereocenters. The standard InChI is InChI=1S/C72H60N4O.Pt/c1-70(2,3)48-34-32-47(33-35-48)61-40-50(72(7,8)9)41-62-67-54(46-20-11-10-12-21-46)27-18-28-59(67)55-24-13-14-25-56(55)60-29-19-31-64-69(60)75(68(61)62)45-74(64)51-22-17-23-52(43-51)77-53-36-37-58-57-26-15-16-30-63(57)76(65(58)44-53)66-42-49(38-39-73-66)71(4,5)6;/h10-42H,1-9H3;/q-2;/i10D,11D,12D,20D,21D;. The van der Waals surface area contributed by atoms with Crippen LogP contribution < -0.4 is 9.30 Å². The van der Waals surface area contributed by atoms with E-state index in [-0.39, 0.29) is 55.0 Å². The molecule has 4 heterocycles. The van der Waals surface area contributed by atoms with Gasteiger partial charge >= 0.3 is 0 Å². The number of aromatic nitrogens is 4. The van der Waals surface area contributed by atoms with Crippen molar-refractivity contribution in [1.82, 2.24) is 14.1 Å². The predicted octanol–water partition coefficient (Wildman–Crippen LogP) is 18.1. The van der Waals surface area contributed by atoms with E-state index in [1.807, 2.05) is 53.2 Å². The predicted molar refractivity (Wildman–Crippen MR) is 317 cm³/mol. The van der Waals surface area contributed by atoms with E-state index in [0.29, 0.717) is 22.7 Å². The second kappa shape index (κ2) is 19.1. The summed E-state index contributed by atoms with van der Waals surface area (Å²) >= 11 is 0. The van der Waals surface area contributed by atoms with Gasteiger partial charge in [-0.2, -0.15) is 18.2 Å². The molecule has 6 heteroatoms. The van der Waals surface area contributed by atoms with E-state index in [9.17, 15) is 2.74 Å². The van der Waals surface area contributed by atoms with Gasteiger partial charge in [0.1, 0.15) is 5.82 Å². The molecule has 12 aromatic rings. The van der Waals surface area contributed by atoms with Crippen LogP contribution in [0.5, 0.6) is 11.5 Å². The first-order valence-corrected chi connectivity index (χ1v) is 26.4. The molecule has 13 rings (SSSR count). The van der Waals surface area contributed by atoms with E-state index in [2.05, 4.69) is 211 Å². The number of para-hydroxylation sites is 2. The van der Waals surface area contributed by atoms with E-state index in [1.165, 1.54) is 11.1 Å². The number of hydrogen-bond donors (Lipinski definition) is 0. The summed E-state index contributed by atoms with van der Waals surface area (Å²) in [5.74, 6) is 1.81. The van der Waals surface area contributed by atoms with E-state index in [0.717, 1.165) is 94.4 Å². The van der Waals surface area contributed by atoms with E-state index in [1.54, 1.807) is 0 Å². The minimum atomic E-state index is -0.440. The first kappa shape index (κ1) is 45.0. The molecule has 0 amide bonds. The maximum Gasteiger partial charge on any atom is 0.268 e. The fourth-order valence-electron chi connectivity index (χ4n) is 11.1. The Labute approximate surface area is 479 Å². The number of nitrogens with zero attached hydrogens (tertiary/aromatic N) is 4. The largest absolute Gasteiger partial charge is 0.510 e. The summed E-state index contributed by atoms with van der Waals surface area (Å²) in [6.45, 7) is 19.9. The van der Waals surface area contributed by atoms with Gasteiger partial charge in [0, 0.05) is 44.3 Å². The summed E-state index contributed by atoms with van der Waals surface area (Å²) in [4.78, 5) is 4.89. The van der Waals surface area contributed by atoms with Crippen LogP contribution in [0.3, 0.4) is 0 Å². The molecule has 0 saturated heterocycles. The molecule has 9 aromatic carbocycles. The van der Waals surface area contributed by atoms with Gasteiger partial charge in [-0.25, -0.2) is 4.98 Å². The fraction of sp³-hybridized carbons (Fsp3) is 0.167. The molecule has 0 aliphatic carbocycles. The molecule has 5 nitrogen and oxygen atoms in total. The third kappa shape index (κ3) is 8.70. The van der Waals surface area contributed by atoms with Crippen molar-refractivity contribution in [3.63, 3.8) is 0 Å². The average molecular weight is 1200 g/mol. The summed E-state index contributed by atoms with van der Waals surface area (Å²) in [5.41, 5.74) is 15.9. The summed E-state index contributed by atoms with van der Waals surface area (Å²) in [7, 11) is 0. The van der Waals surface area contributed by atoms with Gasteiger partial charge in [0.05, 0.1) is 23.6 Å². The Morgan fingerprint density at radius 1 is 0.500 bits per heavy atom. The van der Waals surface area contributed by atoms with Gasteiger partial charge < -0.3 is 13.9 Å². The normalized spacial score (nSPS) is 13.2. The molecule has 0 unspecified atom stereocenters. The van der Waals surface area contributed by atoms with Crippen molar-refractivity contribution >= 4 is 32.8 Å². The van der Waals surface area contributed by atoms with Gasteiger partial charge in [0.2, 0.25) is 0 Å². The van der Waals surface area contributed by atoms with Crippen molar-refractivity contribution in [2.45, 2.75) is 78.6 Å². The zero-order valence-corrected chi connectivity index (χ0v) is 47.5. The van der Waals surface area contributed by atoms with Crippen LogP contribution in [-0.2, 0) is 37.3 Å². The summed E-state index contributed by atoms with van der Waals surface area (Å²) in [6, 6.07) is 62.1. The van der Waals surface area contributed by atoms with Crippen molar-refractivity contribution < 1.29 is 37.2 Å². The Kier molecular flexibility index (Phi) is 11.0. The minimum Gasteiger partial charge on any atom is -0.510 e. The second-order valence-electron chi connectivity index (χ2n) is 23.3. The number of benzene rings is 9. The van der Waals surface area contributed by atoms with Crippen LogP contribution >= 0.6 is 0 Å². The van der Waals surface area contributed by atoms with E-state index in [4.69, 9.17) is 13.8 Å². The Balaban J connectivity index is 0.00000680. The van der Waals surface area contributed by atoms with Crippen molar-refractivity contribution in [2.24, 2.45) is 0 Å². The van der Waals surface area contributed by atoms with Gasteiger partial charge in [0.15, 0.2) is 0 Å². The van der Waals surface area contributed by atoms with Crippen LogP contribution in [0.15, 0.2) is 200 Å². The summed E-state index contributed by atoms with van der Waals surface area (Å²) < 4.78 is 58.6. The van der Waals surface area contributed by atoms with Gasteiger partial charge in [-0.15, -0.1) is 29.7 Å². The maximum atomic E-state index is 9.46. The summed E-state index contributed by atoms with van der Waals surface area (Å²) in [6.07, 6.45) is 5.79. The van der Waals surface area contributed by atoms with Crippen LogP contribution in [0, 0.1) is 18.5 Å². The Morgan fingerprint density at radius 3 is 1.88 bits per heavy atom. The number of pyridine rings is 1. The molecule has 0 bridgehead atoms. The van der Waals surface area contributed by atoms with E-state index < -0.39 is 18.1 Å². The first-order valence-electron chi connectivity index (χ1n) is 28.9. The fourth-order valence-corrected chi connectivity index (χ4v) is 11.1. The third-order valence-electron chi connectivity index (χ3n) is 15.2. The monoisotopic (exact) mass is 1200 g/mol. The van der Waals surface area contributed by atoms with Gasteiger partial charge in [-0.05, 0) is 118 Å². The number of hydrogen-bond acceptors (Lipinski definition) is 2.